The molecule has 5 aliphatic heterocycles. The van der Waals surface area contributed by atoms with Gasteiger partial charge in [0.05, 0.1) is 11.1 Å². The first kappa shape index (κ1) is 46.9. The minimum atomic E-state index is -0.971. The van der Waals surface area contributed by atoms with E-state index in [1.807, 2.05) is 39.0 Å². The van der Waals surface area contributed by atoms with Gasteiger partial charge in [-0.25, -0.2) is 0 Å². The second-order valence-electron chi connectivity index (χ2n) is 19.3. The second kappa shape index (κ2) is 20.2. The molecule has 0 aliphatic carbocycles. The number of nitrogens with one attached hydrogen (secondary N) is 3. The highest BCUT2D eigenvalue weighted by Crippen LogP contribution is 2.35. The molecule has 68 heavy (non-hydrogen) atoms. The van der Waals surface area contributed by atoms with Crippen LogP contribution in [0.2, 0.25) is 0 Å². The van der Waals surface area contributed by atoms with Crippen molar-refractivity contribution in [1.29, 1.82) is 0 Å². The molecule has 5 amide bonds. The van der Waals surface area contributed by atoms with Gasteiger partial charge >= 0.3 is 0 Å². The Labute approximate surface area is 398 Å². The zero-order valence-corrected chi connectivity index (χ0v) is 39.8. The van der Waals surface area contributed by atoms with Crippen LogP contribution in [0.25, 0.3) is 11.1 Å². The van der Waals surface area contributed by atoms with E-state index in [0.717, 1.165) is 142 Å². The molecule has 0 radical (unpaired) electrons. The molecule has 358 valence electrons. The first-order chi connectivity index (χ1) is 32.8. The van der Waals surface area contributed by atoms with E-state index in [4.69, 9.17) is 4.74 Å². The Morgan fingerprint density at radius 3 is 2.18 bits per heavy atom. The van der Waals surface area contributed by atoms with Crippen molar-refractivity contribution in [2.24, 2.45) is 5.92 Å². The summed E-state index contributed by atoms with van der Waals surface area (Å²) in [4.78, 5) is 91.3. The summed E-state index contributed by atoms with van der Waals surface area (Å²) in [5.41, 5.74) is 9.41. The largest absolute Gasteiger partial charge is 0.381 e. The first-order valence-electron chi connectivity index (χ1n) is 24.5. The summed E-state index contributed by atoms with van der Waals surface area (Å²) >= 11 is 0. The molecule has 6 heterocycles. The van der Waals surface area contributed by atoms with Gasteiger partial charge in [0.1, 0.15) is 6.04 Å². The van der Waals surface area contributed by atoms with Crippen molar-refractivity contribution in [3.8, 4) is 11.1 Å². The number of piperazine rings is 1. The van der Waals surface area contributed by atoms with Crippen molar-refractivity contribution >= 4 is 40.9 Å². The van der Waals surface area contributed by atoms with Gasteiger partial charge in [0.25, 0.3) is 23.3 Å². The summed E-state index contributed by atoms with van der Waals surface area (Å²) in [5.74, 6) is -1.58. The van der Waals surface area contributed by atoms with Crippen molar-refractivity contribution in [1.82, 2.24) is 30.3 Å². The van der Waals surface area contributed by atoms with Gasteiger partial charge in [0.15, 0.2) is 0 Å². The van der Waals surface area contributed by atoms with Gasteiger partial charge in [-0.3, -0.25) is 43.9 Å². The number of aromatic nitrogens is 1. The molecule has 1 aromatic heterocycles. The zero-order valence-electron chi connectivity index (χ0n) is 39.8. The number of aryl methyl sites for hydroxylation is 2. The third kappa shape index (κ3) is 9.88. The lowest BCUT2D eigenvalue weighted by atomic mass is 9.94. The molecule has 5 aliphatic rings. The number of nitrogens with zero attached hydrogens (tertiary/aromatic N) is 5. The number of amides is 5. The summed E-state index contributed by atoms with van der Waals surface area (Å²) < 4.78 is 5.71. The molecule has 1 atom stereocenters. The van der Waals surface area contributed by atoms with Crippen LogP contribution in [0.1, 0.15) is 104 Å². The predicted molar refractivity (Wildman–Crippen MR) is 261 cm³/mol. The zero-order chi connectivity index (χ0) is 47.6. The number of aromatic amines is 1. The molecular formula is C53H64N8O7. The minimum Gasteiger partial charge on any atom is -0.381 e. The van der Waals surface area contributed by atoms with Gasteiger partial charge < -0.3 is 29.7 Å². The number of fused-ring (bicyclic) bond motifs is 1. The molecule has 0 spiro atoms. The molecule has 0 bridgehead atoms. The monoisotopic (exact) mass is 924 g/mol. The Kier molecular flexibility index (Phi) is 13.9. The van der Waals surface area contributed by atoms with E-state index in [1.54, 1.807) is 12.1 Å². The number of anilines is 2. The maximum absolute atomic E-state index is 14.0. The van der Waals surface area contributed by atoms with E-state index < -0.39 is 23.8 Å². The van der Waals surface area contributed by atoms with E-state index in [9.17, 15) is 28.8 Å². The van der Waals surface area contributed by atoms with Gasteiger partial charge in [-0.15, -0.1) is 0 Å². The highest BCUT2D eigenvalue weighted by Gasteiger charge is 2.45. The Morgan fingerprint density at radius 1 is 0.779 bits per heavy atom. The smallest absolute Gasteiger partial charge is 0.262 e. The maximum Gasteiger partial charge on any atom is 0.262 e. The SMILES string of the molecule is CCN(c1cc(-c2ccc(CN3CCN(CC4CCN(c5ccc6c(c5)C(=O)N([C@H]5CCC(=O)NC5=O)C6=O)CC4)CC3)cc2)cc(C(=O)NCc2c(C)cc(C)[nH]c2=O)c1C)C1CCOCC1. The summed E-state index contributed by atoms with van der Waals surface area (Å²) in [6.07, 6.45) is 4.17. The maximum atomic E-state index is 14.0. The van der Waals surface area contributed by atoms with Crippen LogP contribution in [-0.2, 0) is 27.4 Å². The molecule has 15 heteroatoms. The Bertz CT molecular complexity index is 2640. The predicted octanol–water partition coefficient (Wildman–Crippen LogP) is 5.34. The van der Waals surface area contributed by atoms with Crippen molar-refractivity contribution in [2.45, 2.75) is 91.4 Å². The summed E-state index contributed by atoms with van der Waals surface area (Å²) in [6.45, 7) is 18.0. The number of piperidine rings is 2. The quantitative estimate of drug-likeness (QED) is 0.148. The molecule has 3 aromatic carbocycles. The van der Waals surface area contributed by atoms with Crippen LogP contribution in [0, 0.1) is 26.7 Å². The second-order valence-corrected chi connectivity index (χ2v) is 19.3. The number of hydrogen-bond acceptors (Lipinski definition) is 11. The number of carbonyl (C=O) groups excluding carboxylic acids is 5. The number of rotatable bonds is 13. The lowest BCUT2D eigenvalue weighted by molar-refractivity contribution is -0.136. The molecule has 0 unspecified atom stereocenters. The number of ether oxygens (including phenoxy) is 1. The molecule has 4 fully saturated rings. The normalized spacial score (nSPS) is 19.9. The molecule has 4 saturated heterocycles. The number of imide groups is 2. The van der Waals surface area contributed by atoms with Crippen molar-refractivity contribution in [3.05, 3.63) is 116 Å². The van der Waals surface area contributed by atoms with Crippen LogP contribution < -0.4 is 26.0 Å². The highest BCUT2D eigenvalue weighted by atomic mass is 16.5. The van der Waals surface area contributed by atoms with E-state index in [2.05, 4.69) is 72.5 Å². The van der Waals surface area contributed by atoms with Crippen LogP contribution in [0.3, 0.4) is 0 Å². The fourth-order valence-electron chi connectivity index (χ4n) is 11.0. The molecule has 15 nitrogen and oxygen atoms in total. The van der Waals surface area contributed by atoms with E-state index in [0.29, 0.717) is 34.2 Å². The Morgan fingerprint density at radius 2 is 1.49 bits per heavy atom. The summed E-state index contributed by atoms with van der Waals surface area (Å²) in [7, 11) is 0. The van der Waals surface area contributed by atoms with Crippen LogP contribution in [-0.4, -0.2) is 127 Å². The summed E-state index contributed by atoms with van der Waals surface area (Å²) in [5, 5.41) is 5.32. The summed E-state index contributed by atoms with van der Waals surface area (Å²) in [6, 6.07) is 19.6. The van der Waals surface area contributed by atoms with E-state index in [1.165, 1.54) is 5.56 Å². The number of carbonyl (C=O) groups is 5. The van der Waals surface area contributed by atoms with Gasteiger partial charge in [-0.05, 0) is 130 Å². The number of pyridine rings is 1. The number of benzene rings is 3. The topological polar surface area (TPSA) is 168 Å². The standard InChI is InChI=1S/C53H64N8O7/c1-5-60(40-16-24-68-25-17-40)47-28-39(27-43(35(47)4)49(63)54-30-45-33(2)26-34(3)55-50(45)64)38-8-6-36(7-9-38)31-57-20-22-58(23-21-57)32-37-14-18-59(19-15-37)41-10-11-42-44(29-41)53(67)61(52(42)66)46-12-13-48(62)56-51(46)65/h6-11,26-29,37,40,46H,5,12-25,30-32H2,1-4H3,(H,54,63)(H,55,64)(H,56,62,65)/t46-/m0/s1. The highest BCUT2D eigenvalue weighted by molar-refractivity contribution is 6.23. The molecule has 9 rings (SSSR count). The molecule has 0 saturated carbocycles. The lowest BCUT2D eigenvalue weighted by Gasteiger charge is -2.39. The number of hydrogen-bond donors (Lipinski definition) is 3. The van der Waals surface area contributed by atoms with Crippen molar-refractivity contribution in [3.63, 3.8) is 0 Å². The average molecular weight is 925 g/mol. The van der Waals surface area contributed by atoms with Crippen LogP contribution in [0.4, 0.5) is 11.4 Å². The average Bonchev–Trinajstić information content (AvgIpc) is 3.58. The van der Waals surface area contributed by atoms with Crippen molar-refractivity contribution < 1.29 is 28.7 Å². The molecule has 3 N–H and O–H groups in total. The van der Waals surface area contributed by atoms with Gasteiger partial charge in [0, 0.05) is 119 Å². The lowest BCUT2D eigenvalue weighted by Crippen LogP contribution is -2.54. The first-order valence-corrected chi connectivity index (χ1v) is 24.5. The Hall–Kier alpha value is -6.16. The third-order valence-corrected chi connectivity index (χ3v) is 14.9. The van der Waals surface area contributed by atoms with E-state index >= 15 is 0 Å². The molecular weight excluding hydrogens is 861 g/mol. The minimum absolute atomic E-state index is 0.0941. The van der Waals surface area contributed by atoms with Gasteiger partial charge in [-0.2, -0.15) is 0 Å². The van der Waals surface area contributed by atoms with Crippen LogP contribution in [0.15, 0.2) is 65.5 Å². The van der Waals surface area contributed by atoms with Gasteiger partial charge in [0.2, 0.25) is 11.8 Å². The van der Waals surface area contributed by atoms with Gasteiger partial charge in [-0.1, -0.05) is 24.3 Å². The Balaban J connectivity index is 0.792. The fraction of sp³-hybridized carbons (Fsp3) is 0.472. The fourth-order valence-corrected chi connectivity index (χ4v) is 11.0. The van der Waals surface area contributed by atoms with E-state index in [-0.39, 0.29) is 36.8 Å². The third-order valence-electron chi connectivity index (χ3n) is 14.9. The molecule has 4 aromatic rings. The number of H-pyrrole nitrogens is 1. The van der Waals surface area contributed by atoms with Crippen molar-refractivity contribution in [2.75, 3.05) is 75.4 Å². The van der Waals surface area contributed by atoms with Crippen LogP contribution in [0.5, 0.6) is 0 Å². The van der Waals surface area contributed by atoms with Crippen LogP contribution >= 0.6 is 0 Å².